The van der Waals surface area contributed by atoms with Crippen LogP contribution in [0.4, 0.5) is 0 Å². The van der Waals surface area contributed by atoms with E-state index in [4.69, 9.17) is 23.2 Å². The molecule has 114 valence electrons. The van der Waals surface area contributed by atoms with Gasteiger partial charge in [-0.2, -0.15) is 4.31 Å². The van der Waals surface area contributed by atoms with E-state index in [2.05, 4.69) is 5.32 Å². The van der Waals surface area contributed by atoms with Gasteiger partial charge in [0.25, 0.3) is 0 Å². The molecule has 0 saturated carbocycles. The zero-order valence-electron chi connectivity index (χ0n) is 11.0. The van der Waals surface area contributed by atoms with Crippen molar-refractivity contribution in [3.05, 3.63) is 28.2 Å². The molecule has 1 aliphatic heterocycles. The molecule has 1 heterocycles. The summed E-state index contributed by atoms with van der Waals surface area (Å²) in [5.74, 6) is 0. The number of nitrogens with zero attached hydrogens (tertiary/aromatic N) is 1. The molecule has 0 spiro atoms. The fraction of sp³-hybridized carbons (Fsp3) is 0.500. The first kappa shape index (κ1) is 18.0. The first-order chi connectivity index (χ1) is 8.93. The summed E-state index contributed by atoms with van der Waals surface area (Å²) in [5, 5.41) is 3.77. The van der Waals surface area contributed by atoms with E-state index in [-0.39, 0.29) is 28.4 Å². The van der Waals surface area contributed by atoms with E-state index in [1.807, 2.05) is 0 Å². The van der Waals surface area contributed by atoms with Gasteiger partial charge in [0.2, 0.25) is 10.0 Å². The average Bonchev–Trinajstić information content (AvgIpc) is 2.41. The molecule has 0 unspecified atom stereocenters. The molecule has 1 aromatic carbocycles. The summed E-state index contributed by atoms with van der Waals surface area (Å²) in [4.78, 5) is 0.0719. The molecule has 0 aliphatic carbocycles. The summed E-state index contributed by atoms with van der Waals surface area (Å²) in [6.45, 7) is 1.65. The third-order valence-electron chi connectivity index (χ3n) is 3.37. The highest BCUT2D eigenvalue weighted by Gasteiger charge is 2.30. The SMILES string of the molecule is CN(C1CCNCC1)S(=O)(=O)c1cc(Cl)ccc1Cl.Cl. The van der Waals surface area contributed by atoms with Crippen molar-refractivity contribution in [1.82, 2.24) is 9.62 Å². The standard InChI is InChI=1S/C12H16Cl2N2O2S.ClH/c1-16(10-4-6-15-7-5-10)19(17,18)12-8-9(13)2-3-11(12)14;/h2-3,8,10,15H,4-7H2,1H3;1H. The third kappa shape index (κ3) is 3.78. The number of halogens is 3. The van der Waals surface area contributed by atoms with Crippen LogP contribution < -0.4 is 5.32 Å². The Morgan fingerprint density at radius 2 is 1.85 bits per heavy atom. The Bertz CT molecular complexity index is 560. The van der Waals surface area contributed by atoms with Gasteiger partial charge in [-0.15, -0.1) is 12.4 Å². The average molecular weight is 360 g/mol. The predicted molar refractivity (Wildman–Crippen MR) is 84.6 cm³/mol. The van der Waals surface area contributed by atoms with E-state index in [0.29, 0.717) is 5.02 Å². The summed E-state index contributed by atoms with van der Waals surface area (Å²) in [7, 11) is -2.00. The van der Waals surface area contributed by atoms with Gasteiger partial charge < -0.3 is 5.32 Å². The summed E-state index contributed by atoms with van der Waals surface area (Å²) in [6, 6.07) is 4.48. The van der Waals surface area contributed by atoms with Crippen molar-refractivity contribution in [1.29, 1.82) is 0 Å². The van der Waals surface area contributed by atoms with Gasteiger partial charge in [-0.1, -0.05) is 23.2 Å². The molecule has 0 atom stereocenters. The van der Waals surface area contributed by atoms with Gasteiger partial charge in [-0.3, -0.25) is 0 Å². The van der Waals surface area contributed by atoms with Gasteiger partial charge in [-0.25, -0.2) is 8.42 Å². The molecule has 0 amide bonds. The van der Waals surface area contributed by atoms with Gasteiger partial charge in [0.15, 0.2) is 0 Å². The maximum Gasteiger partial charge on any atom is 0.244 e. The second-order valence-electron chi connectivity index (χ2n) is 4.58. The molecule has 0 aromatic heterocycles. The van der Waals surface area contributed by atoms with Gasteiger partial charge in [-0.05, 0) is 44.1 Å². The Balaban J connectivity index is 0.00000200. The van der Waals surface area contributed by atoms with Crippen molar-refractivity contribution in [2.75, 3.05) is 20.1 Å². The topological polar surface area (TPSA) is 49.4 Å². The van der Waals surface area contributed by atoms with Crippen molar-refractivity contribution in [3.63, 3.8) is 0 Å². The van der Waals surface area contributed by atoms with Crippen LogP contribution in [0.3, 0.4) is 0 Å². The normalized spacial score (nSPS) is 17.0. The van der Waals surface area contributed by atoms with E-state index in [1.165, 1.54) is 16.4 Å². The smallest absolute Gasteiger partial charge is 0.244 e. The monoisotopic (exact) mass is 358 g/mol. The summed E-state index contributed by atoms with van der Waals surface area (Å²) in [6.07, 6.45) is 1.60. The second kappa shape index (κ2) is 7.29. The van der Waals surface area contributed by atoms with Gasteiger partial charge >= 0.3 is 0 Å². The van der Waals surface area contributed by atoms with E-state index >= 15 is 0 Å². The molecular formula is C12H17Cl3N2O2S. The van der Waals surface area contributed by atoms with Crippen molar-refractivity contribution in [2.45, 2.75) is 23.8 Å². The molecule has 1 saturated heterocycles. The molecule has 0 bridgehead atoms. The number of benzene rings is 1. The van der Waals surface area contributed by atoms with Crippen molar-refractivity contribution in [2.24, 2.45) is 0 Å². The lowest BCUT2D eigenvalue weighted by atomic mass is 10.1. The number of hydrogen-bond acceptors (Lipinski definition) is 3. The van der Waals surface area contributed by atoms with Crippen LogP contribution in [0.25, 0.3) is 0 Å². The minimum Gasteiger partial charge on any atom is -0.317 e. The Kier molecular flexibility index (Phi) is 6.57. The van der Waals surface area contributed by atoms with E-state index in [1.54, 1.807) is 13.1 Å². The van der Waals surface area contributed by atoms with Crippen molar-refractivity contribution >= 4 is 45.6 Å². The first-order valence-corrected chi connectivity index (χ1v) is 8.26. The Hall–Kier alpha value is -0.0400. The summed E-state index contributed by atoms with van der Waals surface area (Å²) >= 11 is 11.8. The summed E-state index contributed by atoms with van der Waals surface area (Å²) < 4.78 is 26.5. The zero-order valence-corrected chi connectivity index (χ0v) is 14.1. The quantitative estimate of drug-likeness (QED) is 0.903. The van der Waals surface area contributed by atoms with E-state index in [0.717, 1.165) is 25.9 Å². The van der Waals surface area contributed by atoms with Crippen LogP contribution >= 0.6 is 35.6 Å². The molecule has 0 radical (unpaired) electrons. The van der Waals surface area contributed by atoms with E-state index < -0.39 is 10.0 Å². The molecule has 1 aromatic rings. The van der Waals surface area contributed by atoms with Gasteiger partial charge in [0, 0.05) is 18.1 Å². The fourth-order valence-corrected chi connectivity index (χ4v) is 4.35. The molecule has 8 heteroatoms. The highest BCUT2D eigenvalue weighted by molar-refractivity contribution is 7.89. The minimum absolute atomic E-state index is 0. The molecular weight excluding hydrogens is 343 g/mol. The Morgan fingerprint density at radius 3 is 2.45 bits per heavy atom. The maximum absolute atomic E-state index is 12.6. The molecule has 1 N–H and O–H groups in total. The van der Waals surface area contributed by atoms with Gasteiger partial charge in [0.05, 0.1) is 5.02 Å². The van der Waals surface area contributed by atoms with Crippen LogP contribution in [0, 0.1) is 0 Å². The number of hydrogen-bond donors (Lipinski definition) is 1. The zero-order chi connectivity index (χ0) is 14.0. The minimum atomic E-state index is -3.60. The predicted octanol–water partition coefficient (Wildman–Crippen LogP) is 2.79. The number of rotatable bonds is 3. The Morgan fingerprint density at radius 1 is 1.25 bits per heavy atom. The lowest BCUT2D eigenvalue weighted by Crippen LogP contribution is -2.43. The lowest BCUT2D eigenvalue weighted by Gasteiger charge is -2.31. The highest BCUT2D eigenvalue weighted by Crippen LogP contribution is 2.29. The Labute approximate surface area is 135 Å². The fourth-order valence-electron chi connectivity index (χ4n) is 2.20. The molecule has 4 nitrogen and oxygen atoms in total. The largest absolute Gasteiger partial charge is 0.317 e. The third-order valence-corrected chi connectivity index (χ3v) is 6.00. The van der Waals surface area contributed by atoms with Gasteiger partial charge in [0.1, 0.15) is 4.90 Å². The molecule has 2 rings (SSSR count). The van der Waals surface area contributed by atoms with Crippen LogP contribution in [0.5, 0.6) is 0 Å². The van der Waals surface area contributed by atoms with E-state index in [9.17, 15) is 8.42 Å². The molecule has 20 heavy (non-hydrogen) atoms. The van der Waals surface area contributed by atoms with Crippen LogP contribution in [-0.2, 0) is 10.0 Å². The number of nitrogens with one attached hydrogen (secondary N) is 1. The second-order valence-corrected chi connectivity index (χ2v) is 7.39. The van der Waals surface area contributed by atoms with Crippen LogP contribution in [-0.4, -0.2) is 38.9 Å². The van der Waals surface area contributed by atoms with Crippen molar-refractivity contribution < 1.29 is 8.42 Å². The summed E-state index contributed by atoms with van der Waals surface area (Å²) in [5.41, 5.74) is 0. The number of piperidine rings is 1. The van der Waals surface area contributed by atoms with Crippen LogP contribution in [0.2, 0.25) is 10.0 Å². The molecule has 1 fully saturated rings. The van der Waals surface area contributed by atoms with Crippen LogP contribution in [0.1, 0.15) is 12.8 Å². The molecule has 1 aliphatic rings. The lowest BCUT2D eigenvalue weighted by molar-refractivity contribution is 0.296. The highest BCUT2D eigenvalue weighted by atomic mass is 35.5. The van der Waals surface area contributed by atoms with Crippen molar-refractivity contribution in [3.8, 4) is 0 Å². The van der Waals surface area contributed by atoms with Crippen LogP contribution in [0.15, 0.2) is 23.1 Å². The first-order valence-electron chi connectivity index (χ1n) is 6.07. The number of sulfonamides is 1. The maximum atomic E-state index is 12.6.